The maximum absolute atomic E-state index is 10.8. The quantitative estimate of drug-likeness (QED) is 0.275. The molecule has 1 fully saturated rings. The lowest BCUT2D eigenvalue weighted by atomic mass is 9.76. The van der Waals surface area contributed by atoms with Crippen LogP contribution in [0.25, 0.3) is 22.2 Å². The number of aliphatic hydroxyl groups is 2. The number of imidazole rings is 2. The second-order valence-corrected chi connectivity index (χ2v) is 10.8. The van der Waals surface area contributed by atoms with Gasteiger partial charge in [0.2, 0.25) is 6.23 Å². The van der Waals surface area contributed by atoms with Crippen LogP contribution >= 0.6 is 0 Å². The van der Waals surface area contributed by atoms with Gasteiger partial charge >= 0.3 is 0 Å². The average molecular weight is 519 g/mol. The largest absolute Gasteiger partial charge is 0.506 e. The lowest BCUT2D eigenvalue weighted by Crippen LogP contribution is -2.49. The molecule has 0 radical (unpaired) electrons. The zero-order valence-electron chi connectivity index (χ0n) is 21.9. The van der Waals surface area contributed by atoms with Gasteiger partial charge in [-0.2, -0.15) is 0 Å². The van der Waals surface area contributed by atoms with Gasteiger partial charge in [0.05, 0.1) is 17.6 Å². The number of aryl methyl sites for hydroxylation is 2. The van der Waals surface area contributed by atoms with Crippen molar-refractivity contribution >= 4 is 28.0 Å². The fourth-order valence-corrected chi connectivity index (χ4v) is 5.70. The minimum atomic E-state index is -1.23. The van der Waals surface area contributed by atoms with Crippen LogP contribution in [0.1, 0.15) is 50.7 Å². The molecule has 11 heteroatoms. The number of aromatic amines is 1. The van der Waals surface area contributed by atoms with Crippen LogP contribution in [0, 0.1) is 12.8 Å². The molecule has 1 aromatic carbocycles. The van der Waals surface area contributed by atoms with Crippen molar-refractivity contribution < 1.29 is 14.9 Å². The van der Waals surface area contributed by atoms with Crippen LogP contribution in [0.2, 0.25) is 0 Å². The van der Waals surface area contributed by atoms with Gasteiger partial charge in [0, 0.05) is 18.5 Å². The summed E-state index contributed by atoms with van der Waals surface area (Å²) in [6.07, 6.45) is 4.93. The monoisotopic (exact) mass is 518 g/mol. The number of anilines is 1. The zero-order valence-corrected chi connectivity index (χ0v) is 21.9. The number of rotatable bonds is 8. The van der Waals surface area contributed by atoms with E-state index in [1.807, 2.05) is 0 Å². The molecule has 2 aliphatic rings. The number of ether oxygens (including phenoxy) is 1. The van der Waals surface area contributed by atoms with Crippen molar-refractivity contribution in [2.45, 2.75) is 70.9 Å². The van der Waals surface area contributed by atoms with Crippen molar-refractivity contribution in [3.05, 3.63) is 53.8 Å². The summed E-state index contributed by atoms with van der Waals surface area (Å²) in [5, 5.41) is 21.6. The zero-order chi connectivity index (χ0) is 26.6. The Morgan fingerprint density at radius 1 is 1.24 bits per heavy atom. The van der Waals surface area contributed by atoms with E-state index in [-0.39, 0.29) is 17.6 Å². The molecule has 4 heterocycles. The summed E-state index contributed by atoms with van der Waals surface area (Å²) in [4.78, 5) is 23.0. The summed E-state index contributed by atoms with van der Waals surface area (Å²) in [6.45, 7) is 6.80. The molecule has 1 saturated carbocycles. The standard InChI is InChI=1S/C27H34N8O3/c1-14(2)34(17-9-16(10-17)5-7-21-32-18-6-4-15(3)8-19(18)33-21)11-20-23(36)24(37)27(38-20)35-13-31-22-25(28)29-12-30-26(22)35/h4,6,8,12-14,16-17,24,27,36-37H,5,7,9-11H2,1-3H3,(H,32,33)(H2,28,29,30)/t16?,17?,24?,27-/m1/s1. The van der Waals surface area contributed by atoms with Crippen LogP contribution in [0.15, 0.2) is 42.4 Å². The molecule has 5 N–H and O–H groups in total. The number of fused-ring (bicyclic) bond motifs is 2. The van der Waals surface area contributed by atoms with Crippen LogP contribution in [-0.4, -0.2) is 69.3 Å². The first kappa shape index (κ1) is 24.6. The highest BCUT2D eigenvalue weighted by molar-refractivity contribution is 5.81. The van der Waals surface area contributed by atoms with E-state index in [9.17, 15) is 10.2 Å². The van der Waals surface area contributed by atoms with Gasteiger partial charge in [-0.25, -0.2) is 19.9 Å². The molecule has 200 valence electrons. The number of benzene rings is 1. The first-order chi connectivity index (χ1) is 18.3. The lowest BCUT2D eigenvalue weighted by molar-refractivity contribution is -0.0182. The summed E-state index contributed by atoms with van der Waals surface area (Å²) in [7, 11) is 0. The van der Waals surface area contributed by atoms with Crippen LogP contribution < -0.4 is 5.73 Å². The number of nitrogens with zero attached hydrogens (tertiary/aromatic N) is 6. The van der Waals surface area contributed by atoms with E-state index in [4.69, 9.17) is 15.5 Å². The highest BCUT2D eigenvalue weighted by Gasteiger charge is 2.41. The second kappa shape index (κ2) is 9.55. The number of nitrogens with two attached hydrogens (primary N) is 1. The predicted molar refractivity (Wildman–Crippen MR) is 143 cm³/mol. The first-order valence-corrected chi connectivity index (χ1v) is 13.2. The van der Waals surface area contributed by atoms with E-state index in [2.05, 4.69) is 63.8 Å². The van der Waals surface area contributed by atoms with Crippen molar-refractivity contribution in [2.75, 3.05) is 12.3 Å². The summed E-state index contributed by atoms with van der Waals surface area (Å²) in [5.41, 5.74) is 10.1. The average Bonchev–Trinajstić information content (AvgIpc) is 3.54. The molecule has 0 saturated heterocycles. The lowest BCUT2D eigenvalue weighted by Gasteiger charge is -2.45. The number of nitrogens with one attached hydrogen (secondary N) is 1. The van der Waals surface area contributed by atoms with Crippen LogP contribution in [0.5, 0.6) is 0 Å². The van der Waals surface area contributed by atoms with E-state index in [0.29, 0.717) is 35.4 Å². The molecular weight excluding hydrogens is 484 g/mol. The molecule has 1 aliphatic carbocycles. The molecule has 4 aromatic rings. The molecule has 2 atom stereocenters. The topological polar surface area (TPSA) is 151 Å². The summed E-state index contributed by atoms with van der Waals surface area (Å²) in [5.74, 6) is 2.15. The van der Waals surface area contributed by atoms with Crippen molar-refractivity contribution in [1.82, 2.24) is 34.4 Å². The maximum atomic E-state index is 10.8. The van der Waals surface area contributed by atoms with Gasteiger partial charge < -0.3 is 25.7 Å². The Labute approximate surface area is 220 Å². The van der Waals surface area contributed by atoms with Gasteiger partial charge in [0.1, 0.15) is 24.0 Å². The molecule has 1 unspecified atom stereocenters. The molecule has 6 rings (SSSR count). The molecule has 11 nitrogen and oxygen atoms in total. The van der Waals surface area contributed by atoms with Crippen molar-refractivity contribution in [1.29, 1.82) is 0 Å². The van der Waals surface area contributed by atoms with Crippen LogP contribution in [0.3, 0.4) is 0 Å². The minimum Gasteiger partial charge on any atom is -0.506 e. The fraction of sp³-hybridized carbons (Fsp3) is 0.481. The number of nitrogen functional groups attached to an aromatic ring is 1. The van der Waals surface area contributed by atoms with E-state index < -0.39 is 12.3 Å². The normalized spacial score (nSPS) is 23.6. The van der Waals surface area contributed by atoms with E-state index in [1.54, 1.807) is 4.57 Å². The highest BCUT2D eigenvalue weighted by atomic mass is 16.5. The Balaban J connectivity index is 1.08. The van der Waals surface area contributed by atoms with Crippen LogP contribution in [0.4, 0.5) is 5.82 Å². The molecule has 3 aromatic heterocycles. The summed E-state index contributed by atoms with van der Waals surface area (Å²) in [6, 6.07) is 6.94. The van der Waals surface area contributed by atoms with E-state index in [0.717, 1.165) is 42.5 Å². The predicted octanol–water partition coefficient (Wildman–Crippen LogP) is 3.37. The number of hydrogen-bond acceptors (Lipinski definition) is 9. The fourth-order valence-electron chi connectivity index (χ4n) is 5.70. The summed E-state index contributed by atoms with van der Waals surface area (Å²) >= 11 is 0. The summed E-state index contributed by atoms with van der Waals surface area (Å²) < 4.78 is 7.68. The minimum absolute atomic E-state index is 0.152. The van der Waals surface area contributed by atoms with Gasteiger partial charge in [-0.3, -0.25) is 9.47 Å². The Kier molecular flexibility index (Phi) is 6.19. The number of aliphatic hydroxyl groups excluding tert-OH is 2. The highest BCUT2D eigenvalue weighted by Crippen LogP contribution is 2.39. The molecule has 0 spiro atoms. The van der Waals surface area contributed by atoms with Gasteiger partial charge in [-0.1, -0.05) is 6.07 Å². The van der Waals surface area contributed by atoms with Crippen LogP contribution in [-0.2, 0) is 11.2 Å². The number of hydrogen-bond donors (Lipinski definition) is 4. The molecule has 0 bridgehead atoms. The van der Waals surface area contributed by atoms with Crippen molar-refractivity contribution in [3.8, 4) is 0 Å². The Morgan fingerprint density at radius 3 is 2.84 bits per heavy atom. The third-order valence-electron chi connectivity index (χ3n) is 7.91. The molecule has 38 heavy (non-hydrogen) atoms. The Hall–Kier alpha value is -3.70. The molecular formula is C27H34N8O3. The van der Waals surface area contributed by atoms with E-state index in [1.165, 1.54) is 18.2 Å². The maximum Gasteiger partial charge on any atom is 0.211 e. The van der Waals surface area contributed by atoms with Gasteiger partial charge in [-0.15, -0.1) is 0 Å². The third kappa shape index (κ3) is 4.35. The van der Waals surface area contributed by atoms with Gasteiger partial charge in [0.15, 0.2) is 29.1 Å². The van der Waals surface area contributed by atoms with Crippen molar-refractivity contribution in [2.24, 2.45) is 5.92 Å². The van der Waals surface area contributed by atoms with Gasteiger partial charge in [-0.05, 0) is 63.6 Å². The smallest absolute Gasteiger partial charge is 0.211 e. The van der Waals surface area contributed by atoms with E-state index >= 15 is 0 Å². The third-order valence-corrected chi connectivity index (χ3v) is 7.91. The number of H-pyrrole nitrogens is 1. The molecule has 0 amide bonds. The Bertz CT molecular complexity index is 1500. The van der Waals surface area contributed by atoms with Crippen molar-refractivity contribution in [3.63, 3.8) is 0 Å². The Morgan fingerprint density at radius 2 is 2.05 bits per heavy atom. The molecule has 1 aliphatic heterocycles. The first-order valence-electron chi connectivity index (χ1n) is 13.2. The van der Waals surface area contributed by atoms with Gasteiger partial charge in [0.25, 0.3) is 0 Å². The SMILES string of the molecule is Cc1ccc2nc(CCC3CC(N(CC4=C(O)C(O)[C@H](n5cnc6c(N)ncnc65)O4)C(C)C)C3)[nH]c2c1. The number of aromatic nitrogens is 6. The second-order valence-electron chi connectivity index (χ2n) is 10.8.